The molecule has 60 heavy (non-hydrogen) atoms. The second-order valence-corrected chi connectivity index (χ2v) is 16.4. The summed E-state index contributed by atoms with van der Waals surface area (Å²) in [5.41, 5.74) is 14.3. The molecule has 0 aliphatic heterocycles. The molecule has 2 atom stereocenters. The summed E-state index contributed by atoms with van der Waals surface area (Å²) in [5, 5.41) is 13.5. The fraction of sp³-hybridized carbons (Fsp3) is 0.318. The fourth-order valence-electron chi connectivity index (χ4n) is 7.56. The highest BCUT2D eigenvalue weighted by Gasteiger charge is 2.27. The van der Waals surface area contributed by atoms with Crippen LogP contribution in [-0.2, 0) is 23.1 Å². The molecule has 0 bridgehead atoms. The predicted octanol–water partition coefficient (Wildman–Crippen LogP) is 8.99. The minimum Gasteiger partial charge on any atom is -0.502 e. The highest BCUT2D eigenvalue weighted by molar-refractivity contribution is 7.87. The van der Waals surface area contributed by atoms with Crippen molar-refractivity contribution in [1.29, 1.82) is 0 Å². The summed E-state index contributed by atoms with van der Waals surface area (Å²) in [7, 11) is -3.83. The minimum atomic E-state index is -3.83. The predicted molar refractivity (Wildman–Crippen MR) is 226 cm³/mol. The number of hydrogen-bond donors (Lipinski definition) is 3. The van der Waals surface area contributed by atoms with Gasteiger partial charge in [0.05, 0.1) is 25.4 Å². The molecule has 308 valence electrons. The van der Waals surface area contributed by atoms with Crippen LogP contribution in [0.4, 0.5) is 11.4 Å². The molecule has 0 spiro atoms. The fourth-order valence-corrected chi connectivity index (χ4v) is 8.20. The molecule has 6 aromatic rings. The molecule has 15 nitrogen and oxygen atoms in total. The van der Waals surface area contributed by atoms with Crippen LogP contribution in [0.1, 0.15) is 87.7 Å². The van der Waals surface area contributed by atoms with Crippen molar-refractivity contribution >= 4 is 21.6 Å². The standard InChI is InChI=1S/C22H23N5O4S.C22H22N4O2/c1-13(2)30-20-11-10-14(12-19(20)24-3)22-25-21(26-31-22)17-8-4-7-16-15(17)6-5-9-18(16)27-32(23,28)29;1-13(2)27-20-11-10-14(12-19(20)24-3)22-25-21(26-28-22)17-8-4-7-16-15(17)6-5-9-18(16)23/h4,7-8,10-13,18,27H,5-6,9H2,1-2H3,(H2,23,28,29);4,7-8,10-13,18H,5-6,9,23H2,1-2H3/t2*18-/m11/s1. The van der Waals surface area contributed by atoms with E-state index < -0.39 is 16.3 Å². The summed E-state index contributed by atoms with van der Waals surface area (Å²) in [6.07, 6.45) is 5.19. The van der Waals surface area contributed by atoms with Crippen molar-refractivity contribution in [2.75, 3.05) is 0 Å². The number of nitrogens with two attached hydrogens (primary N) is 2. The van der Waals surface area contributed by atoms with E-state index in [1.807, 2.05) is 64.1 Å². The molecule has 0 saturated carbocycles. The number of hydrogen-bond acceptors (Lipinski definition) is 11. The van der Waals surface area contributed by atoms with E-state index in [2.05, 4.69) is 40.8 Å². The van der Waals surface area contributed by atoms with E-state index in [4.69, 9.17) is 42.5 Å². The lowest BCUT2D eigenvalue weighted by Gasteiger charge is -2.26. The zero-order valence-corrected chi connectivity index (χ0v) is 34.5. The first-order valence-electron chi connectivity index (χ1n) is 19.7. The monoisotopic (exact) mass is 827 g/mol. The Labute approximate surface area is 348 Å². The quantitative estimate of drug-likeness (QED) is 0.111. The van der Waals surface area contributed by atoms with Gasteiger partial charge in [0.1, 0.15) is 11.5 Å². The van der Waals surface area contributed by atoms with Gasteiger partial charge in [-0.2, -0.15) is 23.1 Å². The Morgan fingerprint density at radius 2 is 1.22 bits per heavy atom. The largest absolute Gasteiger partial charge is 0.502 e. The number of fused-ring (bicyclic) bond motifs is 2. The van der Waals surface area contributed by atoms with Gasteiger partial charge in [0.2, 0.25) is 23.0 Å². The Morgan fingerprint density at radius 1 is 0.733 bits per heavy atom. The third-order valence-electron chi connectivity index (χ3n) is 10.1. The van der Waals surface area contributed by atoms with Crippen molar-refractivity contribution in [1.82, 2.24) is 25.0 Å². The molecule has 0 unspecified atom stereocenters. The van der Waals surface area contributed by atoms with Crippen molar-refractivity contribution in [3.05, 3.63) is 118 Å². The summed E-state index contributed by atoms with van der Waals surface area (Å²) in [6.45, 7) is 22.5. The Morgan fingerprint density at radius 3 is 1.70 bits per heavy atom. The number of nitrogens with one attached hydrogen (secondary N) is 1. The van der Waals surface area contributed by atoms with Crippen LogP contribution in [0.2, 0.25) is 0 Å². The van der Waals surface area contributed by atoms with Gasteiger partial charge in [-0.05, 0) is 125 Å². The normalized spacial score (nSPS) is 15.9. The summed E-state index contributed by atoms with van der Waals surface area (Å²) in [4.78, 5) is 16.2. The molecular formula is C44H45N9O6S. The van der Waals surface area contributed by atoms with Gasteiger partial charge in [-0.3, -0.25) is 0 Å². The molecule has 2 heterocycles. The van der Waals surface area contributed by atoms with Crippen LogP contribution in [0.5, 0.6) is 11.5 Å². The summed E-state index contributed by atoms with van der Waals surface area (Å²) < 4.78 is 48.0. The van der Waals surface area contributed by atoms with Gasteiger partial charge in [-0.15, -0.1) is 0 Å². The van der Waals surface area contributed by atoms with Crippen molar-refractivity contribution in [3.8, 4) is 57.2 Å². The average molecular weight is 828 g/mol. The molecule has 2 aliphatic carbocycles. The Balaban J connectivity index is 0.000000183. The van der Waals surface area contributed by atoms with Gasteiger partial charge in [0.25, 0.3) is 22.0 Å². The Hall–Kier alpha value is -6.43. The first-order valence-corrected chi connectivity index (χ1v) is 21.2. The molecule has 0 fully saturated rings. The highest BCUT2D eigenvalue weighted by atomic mass is 32.2. The molecule has 8 rings (SSSR count). The van der Waals surface area contributed by atoms with Crippen LogP contribution in [0, 0.1) is 13.1 Å². The summed E-state index contributed by atoms with van der Waals surface area (Å²) in [5.74, 6) is 2.68. The lowest BCUT2D eigenvalue weighted by molar-refractivity contribution is 0.244. The SMILES string of the molecule is [C-]#[N+]c1cc(-c2nc(-c3cccc4c3CCC[C@H]4N)no2)ccc1OC(C)C.[C-]#[N+]c1cc(-c2nc(-c3cccc4c3CCC[C@H]4NS(N)(=O)=O)no2)ccc1OC(C)C. The van der Waals surface area contributed by atoms with Crippen molar-refractivity contribution in [2.45, 2.75) is 90.5 Å². The summed E-state index contributed by atoms with van der Waals surface area (Å²) in [6, 6.07) is 21.8. The summed E-state index contributed by atoms with van der Waals surface area (Å²) >= 11 is 0. The first-order chi connectivity index (χ1) is 28.8. The maximum absolute atomic E-state index is 11.6. The Bertz CT molecular complexity index is 2710. The van der Waals surface area contributed by atoms with E-state index in [0.29, 0.717) is 58.0 Å². The van der Waals surface area contributed by atoms with E-state index in [9.17, 15) is 8.42 Å². The number of rotatable bonds is 10. The second-order valence-electron chi connectivity index (χ2n) is 15.1. The molecule has 16 heteroatoms. The van der Waals surface area contributed by atoms with Crippen molar-refractivity contribution in [3.63, 3.8) is 0 Å². The van der Waals surface area contributed by atoms with Gasteiger partial charge in [0, 0.05) is 34.3 Å². The molecule has 5 N–H and O–H groups in total. The average Bonchev–Trinajstić information content (AvgIpc) is 3.92. The number of nitrogens with zero attached hydrogens (tertiary/aromatic N) is 6. The molecule has 0 saturated heterocycles. The van der Waals surface area contributed by atoms with Crippen LogP contribution in [0.15, 0.2) is 81.8 Å². The molecule has 0 amide bonds. The van der Waals surface area contributed by atoms with Crippen LogP contribution >= 0.6 is 0 Å². The van der Waals surface area contributed by atoms with E-state index in [1.165, 1.54) is 11.1 Å². The van der Waals surface area contributed by atoms with Gasteiger partial charge >= 0.3 is 0 Å². The van der Waals surface area contributed by atoms with Gasteiger partial charge in [0.15, 0.2) is 0 Å². The molecule has 2 aromatic heterocycles. The lowest BCUT2D eigenvalue weighted by Crippen LogP contribution is -2.35. The maximum Gasteiger partial charge on any atom is 0.274 e. The van der Waals surface area contributed by atoms with Crippen LogP contribution < -0.4 is 25.1 Å². The molecule has 2 aliphatic rings. The van der Waals surface area contributed by atoms with Crippen LogP contribution in [0.3, 0.4) is 0 Å². The van der Waals surface area contributed by atoms with Crippen molar-refractivity contribution in [2.24, 2.45) is 10.9 Å². The van der Waals surface area contributed by atoms with E-state index in [1.54, 1.807) is 30.3 Å². The zero-order valence-electron chi connectivity index (χ0n) is 33.7. The molecule has 0 radical (unpaired) electrons. The first kappa shape index (κ1) is 41.7. The van der Waals surface area contributed by atoms with E-state index >= 15 is 0 Å². The van der Waals surface area contributed by atoms with E-state index in [0.717, 1.165) is 54.4 Å². The molecule has 4 aromatic carbocycles. The zero-order chi connectivity index (χ0) is 42.6. The van der Waals surface area contributed by atoms with Gasteiger partial charge < -0.3 is 24.3 Å². The third kappa shape index (κ3) is 9.38. The maximum atomic E-state index is 11.6. The van der Waals surface area contributed by atoms with Crippen LogP contribution in [-0.4, -0.2) is 40.9 Å². The minimum absolute atomic E-state index is 0.00279. The van der Waals surface area contributed by atoms with Crippen molar-refractivity contribution < 1.29 is 26.9 Å². The smallest absolute Gasteiger partial charge is 0.274 e. The second kappa shape index (κ2) is 17.8. The van der Waals surface area contributed by atoms with Gasteiger partial charge in [-0.1, -0.05) is 46.7 Å². The highest BCUT2D eigenvalue weighted by Crippen LogP contribution is 2.39. The lowest BCUT2D eigenvalue weighted by atomic mass is 9.85. The van der Waals surface area contributed by atoms with Crippen LogP contribution in [0.25, 0.3) is 55.4 Å². The third-order valence-corrected chi connectivity index (χ3v) is 10.7. The Kier molecular flexibility index (Phi) is 12.4. The number of benzene rings is 4. The number of ether oxygens (including phenoxy) is 2. The topological polar surface area (TPSA) is 203 Å². The van der Waals surface area contributed by atoms with E-state index in [-0.39, 0.29) is 24.1 Å². The van der Waals surface area contributed by atoms with Gasteiger partial charge in [-0.25, -0.2) is 14.8 Å². The molecular weight excluding hydrogens is 783 g/mol. The number of aromatic nitrogens is 4.